The highest BCUT2D eigenvalue weighted by Gasteiger charge is 2.13. The molecule has 0 bridgehead atoms. The Morgan fingerprint density at radius 1 is 1.05 bits per heavy atom. The Kier molecular flexibility index (Phi) is 11.9. The molecule has 0 aliphatic heterocycles. The largest absolute Gasteiger partial charge is 0.450 e. The fraction of sp³-hybridized carbons (Fsp3) is 0.857. The van der Waals surface area contributed by atoms with Crippen molar-refractivity contribution in [1.29, 1.82) is 0 Å². The lowest BCUT2D eigenvalue weighted by atomic mass is 10.2. The number of ether oxygens (including phenoxy) is 1. The summed E-state index contributed by atoms with van der Waals surface area (Å²) >= 11 is 0. The lowest BCUT2D eigenvalue weighted by molar-refractivity contribution is -0.121. The van der Waals surface area contributed by atoms with E-state index in [1.165, 1.54) is 12.8 Å². The predicted octanol–water partition coefficient (Wildman–Crippen LogP) is 2.19. The molecule has 0 fully saturated rings. The van der Waals surface area contributed by atoms with E-state index in [0.29, 0.717) is 26.0 Å². The van der Waals surface area contributed by atoms with Crippen molar-refractivity contribution in [2.24, 2.45) is 5.84 Å². The number of carbonyl (C=O) groups excluding carboxylic acids is 2. The van der Waals surface area contributed by atoms with Crippen molar-refractivity contribution >= 4 is 12.0 Å². The third-order valence-corrected chi connectivity index (χ3v) is 3.05. The fourth-order valence-corrected chi connectivity index (χ4v) is 1.90. The van der Waals surface area contributed by atoms with Gasteiger partial charge in [0.05, 0.1) is 6.61 Å². The van der Waals surface area contributed by atoms with E-state index in [1.54, 1.807) is 11.8 Å². The zero-order valence-electron chi connectivity index (χ0n) is 12.8. The highest BCUT2D eigenvalue weighted by Crippen LogP contribution is 2.06. The summed E-state index contributed by atoms with van der Waals surface area (Å²) in [5.41, 5.74) is 2.10. The van der Waals surface area contributed by atoms with E-state index in [4.69, 9.17) is 10.6 Å². The Morgan fingerprint density at radius 2 is 1.70 bits per heavy atom. The number of amides is 2. The van der Waals surface area contributed by atoms with Crippen LogP contribution in [0.5, 0.6) is 0 Å². The van der Waals surface area contributed by atoms with Crippen molar-refractivity contribution in [2.45, 2.75) is 58.8 Å². The van der Waals surface area contributed by atoms with Crippen molar-refractivity contribution in [1.82, 2.24) is 10.3 Å². The minimum Gasteiger partial charge on any atom is -0.450 e. The molecule has 0 spiro atoms. The Bertz CT molecular complexity index is 272. The number of nitrogens with two attached hydrogens (primary N) is 1. The molecule has 0 saturated carbocycles. The van der Waals surface area contributed by atoms with Crippen molar-refractivity contribution < 1.29 is 14.3 Å². The standard InChI is InChI=1S/C14H29N3O3/c1-3-5-6-8-11-17(14(19)20-4-2)12-9-7-10-13(18)16-15/h3-12,15H2,1-2H3,(H,16,18). The first-order valence-electron chi connectivity index (χ1n) is 7.56. The summed E-state index contributed by atoms with van der Waals surface area (Å²) in [5, 5.41) is 0. The highest BCUT2D eigenvalue weighted by molar-refractivity contribution is 5.75. The average Bonchev–Trinajstić information content (AvgIpc) is 2.45. The maximum absolute atomic E-state index is 11.8. The molecule has 0 saturated heterocycles. The van der Waals surface area contributed by atoms with Crippen molar-refractivity contribution in [3.8, 4) is 0 Å². The molecule has 0 unspecified atom stereocenters. The second kappa shape index (κ2) is 12.7. The number of hydrogen-bond acceptors (Lipinski definition) is 4. The van der Waals surface area contributed by atoms with E-state index in [-0.39, 0.29) is 12.0 Å². The van der Waals surface area contributed by atoms with E-state index in [9.17, 15) is 9.59 Å². The molecule has 0 aromatic heterocycles. The second-order valence-electron chi connectivity index (χ2n) is 4.77. The minimum absolute atomic E-state index is 0.171. The number of hydrogen-bond donors (Lipinski definition) is 2. The number of hydrazine groups is 1. The Morgan fingerprint density at radius 3 is 2.25 bits per heavy atom. The molecule has 20 heavy (non-hydrogen) atoms. The minimum atomic E-state index is -0.257. The van der Waals surface area contributed by atoms with Crippen LogP contribution in [0, 0.1) is 0 Å². The lowest BCUT2D eigenvalue weighted by Gasteiger charge is -2.21. The molecule has 0 aliphatic carbocycles. The molecular weight excluding hydrogens is 258 g/mol. The van der Waals surface area contributed by atoms with Gasteiger partial charge in [0.15, 0.2) is 0 Å². The quantitative estimate of drug-likeness (QED) is 0.264. The zero-order valence-corrected chi connectivity index (χ0v) is 12.8. The summed E-state index contributed by atoms with van der Waals surface area (Å²) in [7, 11) is 0. The molecule has 118 valence electrons. The number of nitrogens with one attached hydrogen (secondary N) is 1. The number of carbonyl (C=O) groups is 2. The van der Waals surface area contributed by atoms with Gasteiger partial charge >= 0.3 is 6.09 Å². The van der Waals surface area contributed by atoms with Crippen LogP contribution in [0.1, 0.15) is 58.8 Å². The monoisotopic (exact) mass is 287 g/mol. The maximum Gasteiger partial charge on any atom is 0.409 e. The fourth-order valence-electron chi connectivity index (χ4n) is 1.90. The summed E-state index contributed by atoms with van der Waals surface area (Å²) in [6.45, 7) is 5.70. The van der Waals surface area contributed by atoms with Gasteiger partial charge in [0.1, 0.15) is 0 Å². The smallest absolute Gasteiger partial charge is 0.409 e. The van der Waals surface area contributed by atoms with E-state index in [1.807, 2.05) is 0 Å². The van der Waals surface area contributed by atoms with Crippen LogP contribution in [-0.4, -0.2) is 36.6 Å². The van der Waals surface area contributed by atoms with Crippen LogP contribution in [0.15, 0.2) is 0 Å². The van der Waals surface area contributed by atoms with Crippen LogP contribution >= 0.6 is 0 Å². The van der Waals surface area contributed by atoms with Gasteiger partial charge in [-0.3, -0.25) is 10.2 Å². The average molecular weight is 287 g/mol. The van der Waals surface area contributed by atoms with Gasteiger partial charge in [-0.15, -0.1) is 0 Å². The van der Waals surface area contributed by atoms with Crippen LogP contribution in [0.25, 0.3) is 0 Å². The molecule has 0 aliphatic rings. The molecule has 0 atom stereocenters. The first-order chi connectivity index (χ1) is 9.65. The summed E-state index contributed by atoms with van der Waals surface area (Å²) < 4.78 is 5.05. The summed E-state index contributed by atoms with van der Waals surface area (Å²) in [5.74, 6) is 4.84. The van der Waals surface area contributed by atoms with Gasteiger partial charge in [0.2, 0.25) is 5.91 Å². The topological polar surface area (TPSA) is 84.7 Å². The maximum atomic E-state index is 11.8. The summed E-state index contributed by atoms with van der Waals surface area (Å²) in [6.07, 6.45) is 6.11. The number of unbranched alkanes of at least 4 members (excludes halogenated alkanes) is 4. The van der Waals surface area contributed by atoms with Gasteiger partial charge in [0.25, 0.3) is 0 Å². The molecule has 0 rings (SSSR count). The molecule has 3 N–H and O–H groups in total. The van der Waals surface area contributed by atoms with Gasteiger partial charge in [-0.2, -0.15) is 0 Å². The Balaban J connectivity index is 3.97. The van der Waals surface area contributed by atoms with Crippen LogP contribution in [0.4, 0.5) is 4.79 Å². The third kappa shape index (κ3) is 9.61. The first kappa shape index (κ1) is 18.7. The van der Waals surface area contributed by atoms with Crippen LogP contribution in [-0.2, 0) is 9.53 Å². The van der Waals surface area contributed by atoms with Gasteiger partial charge < -0.3 is 9.64 Å². The zero-order chi connectivity index (χ0) is 15.2. The van der Waals surface area contributed by atoms with E-state index >= 15 is 0 Å². The van der Waals surface area contributed by atoms with Crippen molar-refractivity contribution in [2.75, 3.05) is 19.7 Å². The highest BCUT2D eigenvalue weighted by atomic mass is 16.6. The van der Waals surface area contributed by atoms with E-state index in [2.05, 4.69) is 12.3 Å². The van der Waals surface area contributed by atoms with E-state index in [0.717, 1.165) is 25.8 Å². The first-order valence-corrected chi connectivity index (χ1v) is 7.56. The molecule has 6 nitrogen and oxygen atoms in total. The molecule has 0 aromatic carbocycles. The lowest BCUT2D eigenvalue weighted by Crippen LogP contribution is -2.34. The second-order valence-corrected chi connectivity index (χ2v) is 4.77. The molecule has 0 radical (unpaired) electrons. The van der Waals surface area contributed by atoms with Crippen LogP contribution in [0.2, 0.25) is 0 Å². The van der Waals surface area contributed by atoms with Crippen molar-refractivity contribution in [3.63, 3.8) is 0 Å². The third-order valence-electron chi connectivity index (χ3n) is 3.05. The van der Waals surface area contributed by atoms with Gasteiger partial charge in [-0.25, -0.2) is 10.6 Å². The number of rotatable bonds is 11. The summed E-state index contributed by atoms with van der Waals surface area (Å²) in [4.78, 5) is 24.5. The SMILES string of the molecule is CCCCCCN(CCCCC(=O)NN)C(=O)OCC. The Labute approximate surface area is 122 Å². The predicted molar refractivity (Wildman–Crippen MR) is 78.9 cm³/mol. The summed E-state index contributed by atoms with van der Waals surface area (Å²) in [6, 6.07) is 0. The van der Waals surface area contributed by atoms with Gasteiger partial charge in [0, 0.05) is 19.5 Å². The van der Waals surface area contributed by atoms with Gasteiger partial charge in [-0.1, -0.05) is 26.2 Å². The normalized spacial score (nSPS) is 10.2. The Hall–Kier alpha value is -1.30. The molecule has 2 amide bonds. The van der Waals surface area contributed by atoms with E-state index < -0.39 is 0 Å². The number of nitrogens with zero attached hydrogens (tertiary/aromatic N) is 1. The molecule has 6 heteroatoms. The van der Waals surface area contributed by atoms with Crippen molar-refractivity contribution in [3.05, 3.63) is 0 Å². The van der Waals surface area contributed by atoms with Gasteiger partial charge in [-0.05, 0) is 26.2 Å². The molecule has 0 aromatic rings. The molecular formula is C14H29N3O3. The van der Waals surface area contributed by atoms with Crippen LogP contribution in [0.3, 0.4) is 0 Å². The molecule has 0 heterocycles. The van der Waals surface area contributed by atoms with Crippen LogP contribution < -0.4 is 11.3 Å².